The third kappa shape index (κ3) is 4.94. The van der Waals surface area contributed by atoms with E-state index in [-0.39, 0.29) is 5.91 Å². The Morgan fingerprint density at radius 2 is 2.00 bits per heavy atom. The number of thioether (sulfide) groups is 1. The molecule has 1 aliphatic heterocycles. The number of hydrogen-bond acceptors (Lipinski definition) is 6. The molecule has 5 nitrogen and oxygen atoms in total. The predicted octanol–water partition coefficient (Wildman–Crippen LogP) is 2.91. The van der Waals surface area contributed by atoms with Gasteiger partial charge in [-0.25, -0.2) is 0 Å². The SMILES string of the molecule is O=C(CSc1nnc(NCCc2ccccc2)s1)N1CCCC1. The quantitative estimate of drug-likeness (QED) is 0.780. The van der Waals surface area contributed by atoms with Crippen molar-refractivity contribution in [2.75, 3.05) is 30.7 Å². The topological polar surface area (TPSA) is 58.1 Å². The molecule has 0 radical (unpaired) electrons. The van der Waals surface area contributed by atoms with Gasteiger partial charge in [-0.05, 0) is 24.8 Å². The number of rotatable bonds is 7. The largest absolute Gasteiger partial charge is 0.360 e. The molecule has 1 amide bonds. The molecule has 7 heteroatoms. The van der Waals surface area contributed by atoms with Gasteiger partial charge in [-0.2, -0.15) is 0 Å². The molecule has 2 heterocycles. The van der Waals surface area contributed by atoms with E-state index in [9.17, 15) is 4.79 Å². The van der Waals surface area contributed by atoms with E-state index in [1.807, 2.05) is 23.1 Å². The lowest BCUT2D eigenvalue weighted by Gasteiger charge is -2.13. The Kier molecular flexibility index (Phi) is 5.87. The summed E-state index contributed by atoms with van der Waals surface area (Å²) in [4.78, 5) is 13.9. The first-order valence-corrected chi connectivity index (χ1v) is 9.63. The van der Waals surface area contributed by atoms with Gasteiger partial charge in [0.15, 0.2) is 4.34 Å². The summed E-state index contributed by atoms with van der Waals surface area (Å²) in [5.41, 5.74) is 1.30. The average Bonchev–Trinajstić information content (AvgIpc) is 3.26. The highest BCUT2D eigenvalue weighted by Gasteiger charge is 2.18. The fourth-order valence-electron chi connectivity index (χ4n) is 2.48. The molecule has 2 aromatic rings. The Labute approximate surface area is 144 Å². The average molecular weight is 348 g/mol. The number of amides is 1. The number of likely N-dealkylation sites (tertiary alicyclic amines) is 1. The van der Waals surface area contributed by atoms with Crippen LogP contribution in [0.25, 0.3) is 0 Å². The van der Waals surface area contributed by atoms with Gasteiger partial charge in [0.1, 0.15) is 0 Å². The van der Waals surface area contributed by atoms with Crippen LogP contribution in [-0.2, 0) is 11.2 Å². The van der Waals surface area contributed by atoms with E-state index in [1.54, 1.807) is 0 Å². The fourth-order valence-corrected chi connectivity index (χ4v) is 4.16. The Morgan fingerprint density at radius 3 is 2.78 bits per heavy atom. The number of hydrogen-bond donors (Lipinski definition) is 1. The van der Waals surface area contributed by atoms with Crippen LogP contribution in [0.2, 0.25) is 0 Å². The number of carbonyl (C=O) groups is 1. The van der Waals surface area contributed by atoms with Crippen molar-refractivity contribution in [1.29, 1.82) is 0 Å². The third-order valence-corrected chi connectivity index (χ3v) is 5.72. The zero-order valence-corrected chi connectivity index (χ0v) is 14.5. The molecule has 0 saturated carbocycles. The monoisotopic (exact) mass is 348 g/mol. The van der Waals surface area contributed by atoms with Crippen LogP contribution in [0.1, 0.15) is 18.4 Å². The maximum atomic E-state index is 12.0. The van der Waals surface area contributed by atoms with Gasteiger partial charge in [-0.1, -0.05) is 53.4 Å². The van der Waals surface area contributed by atoms with Gasteiger partial charge < -0.3 is 10.2 Å². The lowest BCUT2D eigenvalue weighted by atomic mass is 10.2. The zero-order chi connectivity index (χ0) is 15.9. The minimum absolute atomic E-state index is 0.210. The number of carbonyl (C=O) groups excluding carboxylic acids is 1. The van der Waals surface area contributed by atoms with E-state index >= 15 is 0 Å². The van der Waals surface area contributed by atoms with Crippen LogP contribution < -0.4 is 5.32 Å². The molecule has 1 aliphatic rings. The van der Waals surface area contributed by atoms with Crippen molar-refractivity contribution in [3.63, 3.8) is 0 Å². The van der Waals surface area contributed by atoms with Gasteiger partial charge in [0.2, 0.25) is 11.0 Å². The Balaban J connectivity index is 1.40. The summed E-state index contributed by atoms with van der Waals surface area (Å²) in [6.07, 6.45) is 3.21. The molecule has 1 saturated heterocycles. The van der Waals surface area contributed by atoms with Crippen LogP contribution in [0, 0.1) is 0 Å². The third-order valence-electron chi connectivity index (χ3n) is 3.72. The number of benzene rings is 1. The molecular formula is C16H20N4OS2. The molecule has 0 spiro atoms. The highest BCUT2D eigenvalue weighted by atomic mass is 32.2. The summed E-state index contributed by atoms with van der Waals surface area (Å²) in [6, 6.07) is 10.4. The molecule has 1 aromatic carbocycles. The van der Waals surface area contributed by atoms with E-state index in [0.717, 1.165) is 48.4 Å². The van der Waals surface area contributed by atoms with Crippen LogP contribution in [0.5, 0.6) is 0 Å². The van der Waals surface area contributed by atoms with E-state index in [0.29, 0.717) is 5.75 Å². The Hall–Kier alpha value is -1.60. The molecule has 0 unspecified atom stereocenters. The molecule has 3 rings (SSSR count). The smallest absolute Gasteiger partial charge is 0.233 e. The summed E-state index contributed by atoms with van der Waals surface area (Å²) >= 11 is 2.99. The van der Waals surface area contributed by atoms with Crippen LogP contribution >= 0.6 is 23.1 Å². The summed E-state index contributed by atoms with van der Waals surface area (Å²) in [5.74, 6) is 0.667. The molecule has 1 aromatic heterocycles. The van der Waals surface area contributed by atoms with Gasteiger partial charge >= 0.3 is 0 Å². The lowest BCUT2D eigenvalue weighted by Crippen LogP contribution is -2.29. The first-order chi connectivity index (χ1) is 11.3. The number of nitrogens with zero attached hydrogens (tertiary/aromatic N) is 3. The van der Waals surface area contributed by atoms with Crippen molar-refractivity contribution in [3.8, 4) is 0 Å². The highest BCUT2D eigenvalue weighted by Crippen LogP contribution is 2.26. The van der Waals surface area contributed by atoms with Crippen LogP contribution in [0.4, 0.5) is 5.13 Å². The first-order valence-electron chi connectivity index (χ1n) is 7.83. The second-order valence-electron chi connectivity index (χ2n) is 5.41. The van der Waals surface area contributed by atoms with Gasteiger partial charge in [0.05, 0.1) is 5.75 Å². The van der Waals surface area contributed by atoms with Crippen molar-refractivity contribution >= 4 is 34.1 Å². The molecular weight excluding hydrogens is 328 g/mol. The van der Waals surface area contributed by atoms with Gasteiger partial charge in [-0.15, -0.1) is 10.2 Å². The van der Waals surface area contributed by atoms with E-state index < -0.39 is 0 Å². The molecule has 0 aliphatic carbocycles. The van der Waals surface area contributed by atoms with E-state index in [4.69, 9.17) is 0 Å². The van der Waals surface area contributed by atoms with Crippen molar-refractivity contribution in [3.05, 3.63) is 35.9 Å². The van der Waals surface area contributed by atoms with E-state index in [2.05, 4.69) is 27.6 Å². The molecule has 1 fully saturated rings. The van der Waals surface area contributed by atoms with Crippen LogP contribution in [0.15, 0.2) is 34.7 Å². The lowest BCUT2D eigenvalue weighted by molar-refractivity contribution is -0.127. The van der Waals surface area contributed by atoms with Crippen molar-refractivity contribution in [2.24, 2.45) is 0 Å². The molecule has 23 heavy (non-hydrogen) atoms. The standard InChI is InChI=1S/C16H20N4OS2/c21-14(20-10-4-5-11-20)12-22-16-19-18-15(23-16)17-9-8-13-6-2-1-3-7-13/h1-3,6-7H,4-5,8-12H2,(H,17,18). The Bertz CT molecular complexity index is 626. The molecule has 0 bridgehead atoms. The number of anilines is 1. The van der Waals surface area contributed by atoms with Gasteiger partial charge in [0, 0.05) is 19.6 Å². The Morgan fingerprint density at radius 1 is 1.22 bits per heavy atom. The zero-order valence-electron chi connectivity index (χ0n) is 12.9. The minimum atomic E-state index is 0.210. The van der Waals surface area contributed by atoms with Crippen LogP contribution in [0.3, 0.4) is 0 Å². The molecule has 1 N–H and O–H groups in total. The van der Waals surface area contributed by atoms with Crippen molar-refractivity contribution < 1.29 is 4.79 Å². The maximum Gasteiger partial charge on any atom is 0.233 e. The number of nitrogens with one attached hydrogen (secondary N) is 1. The summed E-state index contributed by atoms with van der Waals surface area (Å²) in [5, 5.41) is 12.4. The summed E-state index contributed by atoms with van der Waals surface area (Å²) < 4.78 is 0.847. The summed E-state index contributed by atoms with van der Waals surface area (Å²) in [7, 11) is 0. The summed E-state index contributed by atoms with van der Waals surface area (Å²) in [6.45, 7) is 2.64. The maximum absolute atomic E-state index is 12.0. The fraction of sp³-hybridized carbons (Fsp3) is 0.438. The van der Waals surface area contributed by atoms with Gasteiger partial charge in [0.25, 0.3) is 0 Å². The molecule has 122 valence electrons. The first kappa shape index (κ1) is 16.3. The minimum Gasteiger partial charge on any atom is -0.360 e. The predicted molar refractivity (Wildman–Crippen MR) is 95.1 cm³/mol. The molecule has 0 atom stereocenters. The normalized spacial score (nSPS) is 14.2. The van der Waals surface area contributed by atoms with Crippen LogP contribution in [-0.4, -0.2) is 46.4 Å². The second kappa shape index (κ2) is 8.31. The van der Waals surface area contributed by atoms with Crippen molar-refractivity contribution in [2.45, 2.75) is 23.6 Å². The van der Waals surface area contributed by atoms with E-state index in [1.165, 1.54) is 28.7 Å². The highest BCUT2D eigenvalue weighted by molar-refractivity contribution is 8.01. The number of aromatic nitrogens is 2. The second-order valence-corrected chi connectivity index (χ2v) is 7.61. The van der Waals surface area contributed by atoms with Gasteiger partial charge in [-0.3, -0.25) is 4.79 Å². The van der Waals surface area contributed by atoms with Crippen molar-refractivity contribution in [1.82, 2.24) is 15.1 Å².